The molecule has 0 radical (unpaired) electrons. The molecule has 4 aliphatic carbocycles. The van der Waals surface area contributed by atoms with E-state index in [2.05, 4.69) is 6.92 Å². The Morgan fingerprint density at radius 1 is 0.683 bits per heavy atom. The predicted molar refractivity (Wildman–Crippen MR) is 220 cm³/mol. The van der Waals surface area contributed by atoms with E-state index in [-0.39, 0.29) is 44.0 Å². The number of carbonyl (C=O) groups is 1. The minimum absolute atomic E-state index is 0.0577. The van der Waals surface area contributed by atoms with Crippen LogP contribution < -0.4 is 0 Å². The second kappa shape index (κ2) is 18.0. The van der Waals surface area contributed by atoms with Crippen LogP contribution in [0, 0.1) is 22.7 Å². The summed E-state index contributed by atoms with van der Waals surface area (Å²) in [6.07, 6.45) is -7.32. The second-order valence-corrected chi connectivity index (χ2v) is 20.7. The van der Waals surface area contributed by atoms with Crippen LogP contribution in [-0.4, -0.2) is 170 Å². The summed E-state index contributed by atoms with van der Waals surface area (Å²) in [7, 11) is 1.52. The molecule has 4 saturated heterocycles. The fraction of sp³-hybridized carbons (Fsp3) is 0.935. The number of methoxy groups -OCH3 is 1. The number of hydrogen-bond acceptors (Lipinski definition) is 17. The maximum absolute atomic E-state index is 12.7. The molecule has 17 heteroatoms. The predicted octanol–water partition coefficient (Wildman–Crippen LogP) is 1.89. The van der Waals surface area contributed by atoms with Gasteiger partial charge in [-0.2, -0.15) is 0 Å². The van der Waals surface area contributed by atoms with Crippen molar-refractivity contribution in [2.24, 2.45) is 22.7 Å². The Labute approximate surface area is 370 Å². The average Bonchev–Trinajstić information content (AvgIpc) is 3.51. The maximum Gasteiger partial charge on any atom is 0.161 e. The fourth-order valence-electron chi connectivity index (χ4n) is 13.4. The summed E-state index contributed by atoms with van der Waals surface area (Å²) in [4.78, 5) is 12.7. The zero-order chi connectivity index (χ0) is 45.6. The van der Waals surface area contributed by atoms with E-state index in [0.717, 1.165) is 5.57 Å². The van der Waals surface area contributed by atoms with Gasteiger partial charge in [-0.15, -0.1) is 0 Å². The first kappa shape index (κ1) is 48.2. The number of carbonyl (C=O) groups excluding carboxylic acids is 1. The summed E-state index contributed by atoms with van der Waals surface area (Å²) in [5, 5.41) is 80.5. The number of fused-ring (bicyclic) bond motifs is 5. The molecular weight excluding hydrogens is 824 g/mol. The van der Waals surface area contributed by atoms with Crippen molar-refractivity contribution in [3.8, 4) is 0 Å². The van der Waals surface area contributed by atoms with Gasteiger partial charge in [-0.3, -0.25) is 4.79 Å². The van der Waals surface area contributed by atoms with E-state index in [1.165, 1.54) is 14.0 Å². The molecule has 0 aromatic carbocycles. The number of ether oxygens (including phenoxy) is 9. The molecule has 360 valence electrons. The third kappa shape index (κ3) is 8.33. The van der Waals surface area contributed by atoms with Crippen molar-refractivity contribution in [3.05, 3.63) is 11.6 Å². The maximum atomic E-state index is 12.7. The van der Waals surface area contributed by atoms with Gasteiger partial charge in [0.1, 0.15) is 41.4 Å². The van der Waals surface area contributed by atoms with Crippen LogP contribution in [0.25, 0.3) is 0 Å². The van der Waals surface area contributed by atoms with Crippen molar-refractivity contribution in [2.45, 2.75) is 241 Å². The number of Topliss-reactive ketones (excluding diaryl/α,β-unsaturated/α-hetero) is 1. The molecule has 7 N–H and O–H groups in total. The number of aliphatic hydroxyl groups excluding tert-OH is 5. The van der Waals surface area contributed by atoms with Crippen LogP contribution in [0.15, 0.2) is 11.6 Å². The first-order valence-corrected chi connectivity index (χ1v) is 23.4. The van der Waals surface area contributed by atoms with Crippen molar-refractivity contribution >= 4 is 5.78 Å². The Morgan fingerprint density at radius 3 is 1.67 bits per heavy atom. The zero-order valence-corrected chi connectivity index (χ0v) is 38.1. The monoisotopic (exact) mass is 898 g/mol. The lowest BCUT2D eigenvalue weighted by Gasteiger charge is -2.66. The standard InChI is InChI=1S/C46H74O17/c1-21(47)28-11-14-46(54)44(28,7)34(51)20-33-43(6)12-10-27(15-26(43)9-13-45(33,46)53)60-35-16-29(48)40(23(3)57-35)61-36-17-30(49)41(24(4)58-36)62-37-18-31(50)42(25(5)59-37)63-38-19-32(55-8)39(52)22(2)56-38/h9,22-25,27-42,48-54H,10-20H2,1-8H3/t22-,23-,24-,25-,27+,28+,29+,30-,31+,32-,33-,34-,35+,36+,37+,38+,39-,40-,41-,42-,43+,44+,45+,46-/m1/s1. The molecule has 0 aromatic heterocycles. The van der Waals surface area contributed by atoms with Gasteiger partial charge in [-0.05, 0) is 85.0 Å². The Bertz CT molecular complexity index is 1630. The fourth-order valence-corrected chi connectivity index (χ4v) is 13.4. The van der Waals surface area contributed by atoms with E-state index in [1.54, 1.807) is 34.6 Å². The molecule has 63 heavy (non-hydrogen) atoms. The van der Waals surface area contributed by atoms with Crippen LogP contribution in [-0.2, 0) is 47.4 Å². The summed E-state index contributed by atoms with van der Waals surface area (Å²) in [6, 6.07) is 0. The summed E-state index contributed by atoms with van der Waals surface area (Å²) >= 11 is 0. The molecule has 3 saturated carbocycles. The van der Waals surface area contributed by atoms with Gasteiger partial charge >= 0.3 is 0 Å². The second-order valence-electron chi connectivity index (χ2n) is 20.7. The van der Waals surface area contributed by atoms with E-state index in [9.17, 15) is 40.5 Å². The van der Waals surface area contributed by atoms with Crippen LogP contribution in [0.4, 0.5) is 0 Å². The summed E-state index contributed by atoms with van der Waals surface area (Å²) < 4.78 is 54.8. The number of rotatable bonds is 10. The number of aliphatic hydroxyl groups is 7. The van der Waals surface area contributed by atoms with Crippen molar-refractivity contribution in [1.82, 2.24) is 0 Å². The molecule has 0 unspecified atom stereocenters. The lowest BCUT2D eigenvalue weighted by Crippen LogP contribution is -2.75. The molecule has 0 aromatic rings. The van der Waals surface area contributed by atoms with Crippen molar-refractivity contribution in [3.63, 3.8) is 0 Å². The molecule has 0 bridgehead atoms. The number of hydrogen-bond donors (Lipinski definition) is 7. The topological polar surface area (TPSA) is 242 Å². The van der Waals surface area contributed by atoms with Crippen LogP contribution >= 0.6 is 0 Å². The van der Waals surface area contributed by atoms with Gasteiger partial charge in [0.25, 0.3) is 0 Å². The van der Waals surface area contributed by atoms with Gasteiger partial charge in [0.05, 0.1) is 61.0 Å². The lowest BCUT2D eigenvalue weighted by molar-refractivity contribution is -0.344. The number of ketones is 1. The molecule has 4 heterocycles. The normalized spacial score (nSPS) is 55.0. The molecule has 0 amide bonds. The summed E-state index contributed by atoms with van der Waals surface area (Å²) in [5.41, 5.74) is -3.60. The zero-order valence-electron chi connectivity index (χ0n) is 38.1. The van der Waals surface area contributed by atoms with Crippen LogP contribution in [0.3, 0.4) is 0 Å². The van der Waals surface area contributed by atoms with Gasteiger partial charge < -0.3 is 78.4 Å². The first-order chi connectivity index (χ1) is 29.6. The third-order valence-electron chi connectivity index (χ3n) is 17.1. The molecule has 8 rings (SSSR count). The van der Waals surface area contributed by atoms with E-state index in [4.69, 9.17) is 42.6 Å². The highest BCUT2D eigenvalue weighted by Crippen LogP contribution is 2.69. The third-order valence-corrected chi connectivity index (χ3v) is 17.1. The van der Waals surface area contributed by atoms with Crippen LogP contribution in [0.2, 0.25) is 0 Å². The molecule has 4 aliphatic heterocycles. The van der Waals surface area contributed by atoms with Gasteiger partial charge in [-0.1, -0.05) is 25.5 Å². The molecule has 17 nitrogen and oxygen atoms in total. The minimum atomic E-state index is -1.60. The highest BCUT2D eigenvalue weighted by Gasteiger charge is 2.76. The summed E-state index contributed by atoms with van der Waals surface area (Å²) in [6.45, 7) is 12.5. The molecule has 24 atom stereocenters. The van der Waals surface area contributed by atoms with Gasteiger partial charge in [-0.25, -0.2) is 0 Å². The smallest absolute Gasteiger partial charge is 0.161 e. The Hall–Kier alpha value is -1.23. The van der Waals surface area contributed by atoms with E-state index >= 15 is 0 Å². The van der Waals surface area contributed by atoms with Crippen molar-refractivity contribution in [2.75, 3.05) is 7.11 Å². The molecule has 8 aliphatic rings. The largest absolute Gasteiger partial charge is 0.392 e. The van der Waals surface area contributed by atoms with E-state index < -0.39 is 138 Å². The quantitative estimate of drug-likeness (QED) is 0.155. The van der Waals surface area contributed by atoms with Gasteiger partial charge in [0.2, 0.25) is 0 Å². The Balaban J connectivity index is 0.813. The van der Waals surface area contributed by atoms with Gasteiger partial charge in [0.15, 0.2) is 25.2 Å². The van der Waals surface area contributed by atoms with E-state index in [1.807, 2.05) is 6.08 Å². The molecule has 7 fully saturated rings. The highest BCUT2D eigenvalue weighted by molar-refractivity contribution is 5.80. The van der Waals surface area contributed by atoms with Crippen molar-refractivity contribution in [1.29, 1.82) is 0 Å². The first-order valence-electron chi connectivity index (χ1n) is 23.4. The molecule has 0 spiro atoms. The Kier molecular flexibility index (Phi) is 13.8. The SMILES string of the molecule is CO[C@@H]1C[C@H](O[C@H]2[C@@H](O)C[C@H](O[C@H]3[C@H](O)C[C@H](O[C@H]4[C@@H](O)C[C@H](O[C@H]5CC[C@@]6(C)C(=CC[C@]7(O)[C@@H]6C[C@@H](O)[C@]6(C)[C@H](C(C)=O)CC[C@@]67O)C5)O[C@@H]4C)O[C@@H]3C)O[C@@H]2C)O[C@H](C)[C@H]1O. The average molecular weight is 899 g/mol. The highest BCUT2D eigenvalue weighted by atomic mass is 16.8. The lowest BCUT2D eigenvalue weighted by atomic mass is 9.43. The summed E-state index contributed by atoms with van der Waals surface area (Å²) in [5.74, 6) is -0.991. The Morgan fingerprint density at radius 2 is 1.17 bits per heavy atom. The van der Waals surface area contributed by atoms with E-state index in [0.29, 0.717) is 38.5 Å². The van der Waals surface area contributed by atoms with Crippen LogP contribution in [0.5, 0.6) is 0 Å². The van der Waals surface area contributed by atoms with Crippen LogP contribution in [0.1, 0.15) is 119 Å². The minimum Gasteiger partial charge on any atom is -0.392 e. The molecular formula is C46H74O17. The van der Waals surface area contributed by atoms with Gasteiger partial charge in [0, 0.05) is 50.0 Å². The van der Waals surface area contributed by atoms with Crippen molar-refractivity contribution < 1.29 is 83.2 Å².